The van der Waals surface area contributed by atoms with Crippen LogP contribution in [0.4, 0.5) is 4.79 Å². The van der Waals surface area contributed by atoms with Crippen LogP contribution in [0.25, 0.3) is 0 Å². The van der Waals surface area contributed by atoms with Gasteiger partial charge in [0.05, 0.1) is 30.5 Å². The van der Waals surface area contributed by atoms with Gasteiger partial charge in [-0.2, -0.15) is 0 Å². The van der Waals surface area contributed by atoms with E-state index in [0.717, 1.165) is 96.0 Å². The van der Waals surface area contributed by atoms with Gasteiger partial charge in [0.15, 0.2) is 6.29 Å². The molecule has 0 aromatic carbocycles. The molecule has 9 nitrogen and oxygen atoms in total. The number of ether oxygens (including phenoxy) is 4. The van der Waals surface area contributed by atoms with E-state index in [1.807, 2.05) is 18.7 Å². The molecule has 14 atom stereocenters. The van der Waals surface area contributed by atoms with Crippen molar-refractivity contribution in [2.45, 2.75) is 156 Å². The number of hydrogen-bond acceptors (Lipinski definition) is 8. The molecule has 0 bridgehead atoms. The summed E-state index contributed by atoms with van der Waals surface area (Å²) in [6.07, 6.45) is 11.2. The van der Waals surface area contributed by atoms with Crippen molar-refractivity contribution < 1.29 is 28.8 Å². The molecular formula is C46H77N3O6. The average Bonchev–Trinajstić information content (AvgIpc) is 3.42. The summed E-state index contributed by atoms with van der Waals surface area (Å²) < 4.78 is 26.8. The molecule has 5 aliphatic carbocycles. The van der Waals surface area contributed by atoms with Gasteiger partial charge in [-0.1, -0.05) is 48.5 Å². The molecule has 9 fully saturated rings. The van der Waals surface area contributed by atoms with Crippen LogP contribution in [-0.2, 0) is 18.9 Å². The number of carbonyl (C=O) groups excluding carboxylic acids is 1. The number of hydrogen-bond donors (Lipinski definition) is 1. The van der Waals surface area contributed by atoms with E-state index in [1.165, 1.54) is 38.5 Å². The molecule has 4 saturated heterocycles. The number of carbonyl (C=O) groups is 1. The zero-order chi connectivity index (χ0) is 38.9. The van der Waals surface area contributed by atoms with E-state index in [2.05, 4.69) is 58.3 Å². The highest BCUT2D eigenvalue weighted by atomic mass is 16.7. The minimum Gasteiger partial charge on any atom is -0.443 e. The molecule has 9 unspecified atom stereocenters. The normalized spacial score (nSPS) is 47.4. The second kappa shape index (κ2) is 13.8. The van der Waals surface area contributed by atoms with Crippen molar-refractivity contribution in [3.8, 4) is 0 Å². The van der Waals surface area contributed by atoms with Gasteiger partial charge in [0.1, 0.15) is 6.10 Å². The minimum atomic E-state index is -0.625. The summed E-state index contributed by atoms with van der Waals surface area (Å²) in [5, 5.41) is 10.2. The van der Waals surface area contributed by atoms with Crippen molar-refractivity contribution >= 4 is 6.09 Å². The maximum Gasteiger partial charge on any atom is 0.410 e. The summed E-state index contributed by atoms with van der Waals surface area (Å²) in [6, 6.07) is 0. The Morgan fingerprint density at radius 2 is 1.69 bits per heavy atom. The van der Waals surface area contributed by atoms with Crippen LogP contribution in [0.1, 0.15) is 120 Å². The first-order valence-electron chi connectivity index (χ1n) is 23.0. The number of morpholine rings is 1. The summed E-state index contributed by atoms with van der Waals surface area (Å²) >= 11 is 0. The first kappa shape index (κ1) is 39.5. The lowest BCUT2D eigenvalue weighted by molar-refractivity contribution is -0.246. The van der Waals surface area contributed by atoms with E-state index in [4.69, 9.17) is 18.9 Å². The van der Waals surface area contributed by atoms with Crippen LogP contribution < -0.4 is 0 Å². The number of aliphatic hydroxyl groups is 1. The third-order valence-electron chi connectivity index (χ3n) is 18.5. The van der Waals surface area contributed by atoms with Crippen LogP contribution >= 0.6 is 0 Å². The number of likely N-dealkylation sites (tertiary alicyclic amines) is 2. The van der Waals surface area contributed by atoms with Gasteiger partial charge in [-0.15, -0.1) is 0 Å². The highest BCUT2D eigenvalue weighted by Crippen LogP contribution is 2.89. The van der Waals surface area contributed by atoms with Gasteiger partial charge in [0, 0.05) is 52.4 Å². The molecule has 0 radical (unpaired) electrons. The van der Waals surface area contributed by atoms with E-state index in [-0.39, 0.29) is 48.1 Å². The Labute approximate surface area is 333 Å². The molecule has 9 heteroatoms. The molecule has 9 aliphatic rings. The Balaban J connectivity index is 0.853. The van der Waals surface area contributed by atoms with E-state index >= 15 is 0 Å². The number of rotatable bonds is 9. The number of fused-ring (bicyclic) bond motifs is 4. The monoisotopic (exact) mass is 768 g/mol. The molecular weight excluding hydrogens is 691 g/mol. The maximum absolute atomic E-state index is 13.0. The van der Waals surface area contributed by atoms with E-state index in [0.29, 0.717) is 39.9 Å². The van der Waals surface area contributed by atoms with E-state index in [9.17, 15) is 9.90 Å². The summed E-state index contributed by atoms with van der Waals surface area (Å²) in [6.45, 7) is 29.4. The lowest BCUT2D eigenvalue weighted by atomic mass is 9.46. The molecule has 4 aliphatic heterocycles. The molecule has 1 amide bonds. The zero-order valence-corrected chi connectivity index (χ0v) is 36.1. The third-order valence-corrected chi connectivity index (χ3v) is 18.5. The Morgan fingerprint density at radius 3 is 2.38 bits per heavy atom. The Hall–Kier alpha value is -0.970. The fourth-order valence-corrected chi connectivity index (χ4v) is 16.3. The van der Waals surface area contributed by atoms with Crippen molar-refractivity contribution in [3.05, 3.63) is 0 Å². The van der Waals surface area contributed by atoms with Crippen LogP contribution in [0.15, 0.2) is 0 Å². The number of nitrogens with zero attached hydrogens (tertiary/aromatic N) is 3. The van der Waals surface area contributed by atoms with Gasteiger partial charge >= 0.3 is 6.09 Å². The molecule has 312 valence electrons. The van der Waals surface area contributed by atoms with Crippen LogP contribution in [0.5, 0.6) is 0 Å². The van der Waals surface area contributed by atoms with Crippen molar-refractivity contribution in [2.24, 2.45) is 69.0 Å². The zero-order valence-electron chi connectivity index (χ0n) is 36.1. The Morgan fingerprint density at radius 1 is 0.927 bits per heavy atom. The van der Waals surface area contributed by atoms with Gasteiger partial charge in [-0.3, -0.25) is 9.80 Å². The fourth-order valence-electron chi connectivity index (χ4n) is 16.3. The van der Waals surface area contributed by atoms with Gasteiger partial charge < -0.3 is 29.0 Å². The fraction of sp³-hybridized carbons (Fsp3) is 0.978. The standard InChI is InChI=1S/C46H77N3O6/c1-28(2)40(55-41(50)49-17-10-18-49)35-21-29(3)39-34(53-35)22-33-32-11-12-36-43(7,8)37(13-14-46(36)30(4)45(32,46)16-15-44(33,39)9)54-38-26-47(19-20-52-38)23-31-24-48(25-31)27-42(5,6)51/h28-40,51H,10-27H2,1-9H3/t29?,30-,32?,33?,34?,35?,36-,37-,38?,39?,40+,44?,45-,46?/m0/s1. The SMILES string of the molecule is CC1CC([C@H](OC(=O)N2CCC2)C(C)C)OC2CC3C4CC[C@H]5C(C)(C)[C@@H](OC6CN(CC7CN(CC(C)(C)O)C7)CCO6)CCC56[C@@H](C)[C@@]46CCC3(C)C12. The second-order valence-corrected chi connectivity index (χ2v) is 22.7. The Bertz CT molecular complexity index is 1440. The first-order chi connectivity index (χ1) is 26.0. The Kier molecular flexibility index (Phi) is 9.90. The average molecular weight is 768 g/mol. The van der Waals surface area contributed by atoms with Crippen LogP contribution in [0.2, 0.25) is 0 Å². The van der Waals surface area contributed by atoms with Crippen molar-refractivity contribution in [1.82, 2.24) is 14.7 Å². The largest absolute Gasteiger partial charge is 0.443 e. The second-order valence-electron chi connectivity index (χ2n) is 22.7. The van der Waals surface area contributed by atoms with Crippen molar-refractivity contribution in [2.75, 3.05) is 59.0 Å². The van der Waals surface area contributed by atoms with Crippen molar-refractivity contribution in [1.29, 1.82) is 0 Å². The van der Waals surface area contributed by atoms with Gasteiger partial charge in [0.25, 0.3) is 0 Å². The minimum absolute atomic E-state index is 0.00880. The summed E-state index contributed by atoms with van der Waals surface area (Å²) in [5.74, 6) is 5.06. The number of amides is 1. The molecule has 9 rings (SSSR count). The predicted molar refractivity (Wildman–Crippen MR) is 213 cm³/mol. The topological polar surface area (TPSA) is 83.9 Å². The van der Waals surface area contributed by atoms with Crippen molar-refractivity contribution in [3.63, 3.8) is 0 Å². The van der Waals surface area contributed by atoms with Gasteiger partial charge in [-0.25, -0.2) is 4.79 Å². The van der Waals surface area contributed by atoms with E-state index < -0.39 is 5.60 Å². The lowest BCUT2D eigenvalue weighted by Crippen LogP contribution is -2.58. The lowest BCUT2D eigenvalue weighted by Gasteiger charge is -2.60. The van der Waals surface area contributed by atoms with Crippen LogP contribution in [0, 0.1) is 69.0 Å². The molecule has 0 aromatic heterocycles. The van der Waals surface area contributed by atoms with Crippen LogP contribution in [-0.4, -0.2) is 121 Å². The highest BCUT2D eigenvalue weighted by molar-refractivity contribution is 5.68. The third kappa shape index (κ3) is 6.22. The maximum atomic E-state index is 13.0. The summed E-state index contributed by atoms with van der Waals surface area (Å²) in [5.41, 5.74) is 0.727. The van der Waals surface area contributed by atoms with Gasteiger partial charge in [0.2, 0.25) is 0 Å². The molecule has 1 N–H and O–H groups in total. The smallest absolute Gasteiger partial charge is 0.410 e. The molecule has 0 aromatic rings. The predicted octanol–water partition coefficient (Wildman–Crippen LogP) is 7.30. The molecule has 5 saturated carbocycles. The summed E-state index contributed by atoms with van der Waals surface area (Å²) in [4.78, 5) is 19.8. The molecule has 4 heterocycles. The molecule has 55 heavy (non-hydrogen) atoms. The van der Waals surface area contributed by atoms with Crippen LogP contribution in [0.3, 0.4) is 0 Å². The quantitative estimate of drug-likeness (QED) is 0.262. The highest BCUT2D eigenvalue weighted by Gasteiger charge is 2.85. The number of β-amino-alcohol motifs (C(OH)–C–C–N with tert-alkyl or cyclic N) is 1. The van der Waals surface area contributed by atoms with Gasteiger partial charge in [-0.05, 0) is 141 Å². The first-order valence-corrected chi connectivity index (χ1v) is 23.0. The summed E-state index contributed by atoms with van der Waals surface area (Å²) in [7, 11) is 0. The molecule has 2 spiro atoms. The van der Waals surface area contributed by atoms with E-state index in [1.54, 1.807) is 0 Å².